The van der Waals surface area contributed by atoms with Gasteiger partial charge in [-0.2, -0.15) is 0 Å². The zero-order valence-electron chi connectivity index (χ0n) is 5.93. The molecule has 1 heterocycles. The van der Waals surface area contributed by atoms with Crippen LogP contribution in [0.3, 0.4) is 0 Å². The molecule has 1 fully saturated rings. The molecule has 0 spiro atoms. The largest absolute Gasteiger partial charge is 0.275 e. The lowest BCUT2D eigenvalue weighted by Crippen LogP contribution is -2.82. The van der Waals surface area contributed by atoms with Gasteiger partial charge < -0.3 is 0 Å². The number of quaternary nitrogens is 1. The molecular weight excluding hydrogens is 162 g/mol. The van der Waals surface area contributed by atoms with E-state index in [9.17, 15) is 10.1 Å². The third kappa shape index (κ3) is 1.26. The number of non-ortho nitro benzene ring substituents is 1. The summed E-state index contributed by atoms with van der Waals surface area (Å²) in [6.07, 6.45) is 0. The molecule has 1 unspecified atom stereocenters. The Morgan fingerprint density at radius 1 is 1.58 bits per heavy atom. The fraction of sp³-hybridized carbons (Fsp3) is 0. The number of nitrogens with one attached hydrogen (secondary N) is 1. The molecule has 6 nitrogen and oxygen atoms in total. The van der Waals surface area contributed by atoms with Gasteiger partial charge in [0.2, 0.25) is 0 Å². The molecule has 0 radical (unpaired) electrons. The molecule has 0 amide bonds. The summed E-state index contributed by atoms with van der Waals surface area (Å²) in [5.74, 6) is 0. The van der Waals surface area contributed by atoms with Gasteiger partial charge in [0.05, 0.1) is 11.0 Å². The van der Waals surface area contributed by atoms with Crippen molar-refractivity contribution in [3.63, 3.8) is 0 Å². The Hall–Kier alpha value is -1.50. The Bertz CT molecular complexity index is 324. The summed E-state index contributed by atoms with van der Waals surface area (Å²) in [7, 11) is 0. The van der Waals surface area contributed by atoms with Crippen LogP contribution in [0.4, 0.5) is 11.4 Å². The Morgan fingerprint density at radius 3 is 2.92 bits per heavy atom. The average molecular weight is 167 g/mol. The highest BCUT2D eigenvalue weighted by atomic mass is 17.0. The third-order valence-electron chi connectivity index (χ3n) is 1.49. The molecule has 1 aromatic carbocycles. The highest BCUT2D eigenvalue weighted by Crippen LogP contribution is 2.16. The second-order valence-corrected chi connectivity index (χ2v) is 2.30. The van der Waals surface area contributed by atoms with Gasteiger partial charge in [-0.1, -0.05) is 0 Å². The van der Waals surface area contributed by atoms with E-state index >= 15 is 0 Å². The zero-order valence-corrected chi connectivity index (χ0v) is 5.93. The second kappa shape index (κ2) is 2.52. The van der Waals surface area contributed by atoms with Crippen LogP contribution in [0.1, 0.15) is 0 Å². The van der Waals surface area contributed by atoms with Gasteiger partial charge in [0.1, 0.15) is 0 Å². The molecule has 1 aromatic rings. The van der Waals surface area contributed by atoms with Crippen molar-refractivity contribution in [3.05, 3.63) is 40.0 Å². The van der Waals surface area contributed by atoms with Crippen LogP contribution in [0.2, 0.25) is 0 Å². The summed E-state index contributed by atoms with van der Waals surface area (Å²) in [4.78, 5) is 14.4. The summed E-state index contributed by atoms with van der Waals surface area (Å²) in [6, 6.07) is 6.15. The van der Waals surface area contributed by atoms with Crippen molar-refractivity contribution in [1.82, 2.24) is 0 Å². The molecule has 0 aliphatic carbocycles. The SMILES string of the molecule is O=[N+]([O-])c1cccc([NH+]2[N-]O2)c1. The number of hydrogen-bond acceptors (Lipinski definition) is 3. The van der Waals surface area contributed by atoms with Gasteiger partial charge in [-0.25, -0.2) is 15.7 Å². The van der Waals surface area contributed by atoms with E-state index in [1.165, 1.54) is 12.1 Å². The second-order valence-electron chi connectivity index (χ2n) is 2.30. The molecule has 1 aliphatic heterocycles. The van der Waals surface area contributed by atoms with Crippen LogP contribution in [0.5, 0.6) is 0 Å². The van der Waals surface area contributed by atoms with Crippen molar-refractivity contribution < 1.29 is 15.0 Å². The molecule has 0 bridgehead atoms. The maximum atomic E-state index is 10.3. The molecule has 6 heteroatoms. The predicted molar refractivity (Wildman–Crippen MR) is 38.2 cm³/mol. The lowest BCUT2D eigenvalue weighted by atomic mass is 10.3. The first-order chi connectivity index (χ1) is 5.77. The summed E-state index contributed by atoms with van der Waals surface area (Å²) in [5.41, 5.74) is 4.16. The van der Waals surface area contributed by atoms with E-state index in [0.717, 1.165) is 0 Å². The van der Waals surface area contributed by atoms with E-state index in [0.29, 0.717) is 10.9 Å². The molecule has 1 atom stereocenters. The Balaban J connectivity index is 2.32. The van der Waals surface area contributed by atoms with Gasteiger partial charge in [-0.15, -0.1) is 0 Å². The van der Waals surface area contributed by atoms with Gasteiger partial charge >= 0.3 is 0 Å². The zero-order chi connectivity index (χ0) is 8.55. The van der Waals surface area contributed by atoms with E-state index < -0.39 is 4.92 Å². The maximum absolute atomic E-state index is 10.3. The number of rotatable bonds is 2. The van der Waals surface area contributed by atoms with Gasteiger partial charge in [-0.3, -0.25) is 10.1 Å². The fourth-order valence-corrected chi connectivity index (χ4v) is 0.881. The summed E-state index contributed by atoms with van der Waals surface area (Å²) in [6.45, 7) is 0. The molecule has 2 rings (SSSR count). The highest BCUT2D eigenvalue weighted by Gasteiger charge is 2.17. The maximum Gasteiger partial charge on any atom is 0.275 e. The summed E-state index contributed by atoms with van der Waals surface area (Å²) in [5, 5.41) is 10.8. The smallest absolute Gasteiger partial charge is 0.258 e. The average Bonchev–Trinajstić information content (AvgIpc) is 2.87. The summed E-state index contributed by atoms with van der Waals surface area (Å²) >= 11 is 0. The van der Waals surface area contributed by atoms with Crippen molar-refractivity contribution in [1.29, 1.82) is 0 Å². The minimum atomic E-state index is -0.452. The van der Waals surface area contributed by atoms with E-state index in [1.807, 2.05) is 0 Å². The van der Waals surface area contributed by atoms with Gasteiger partial charge in [0, 0.05) is 12.1 Å². The van der Waals surface area contributed by atoms with Crippen molar-refractivity contribution >= 4 is 11.4 Å². The minimum absolute atomic E-state index is 0.0469. The Kier molecular flexibility index (Phi) is 1.51. The van der Waals surface area contributed by atoms with Crippen molar-refractivity contribution in [3.8, 4) is 0 Å². The number of nitro groups is 1. The van der Waals surface area contributed by atoms with Gasteiger partial charge in [-0.05, 0) is 6.07 Å². The molecule has 0 aromatic heterocycles. The number of nitro benzene ring substituents is 1. The Morgan fingerprint density at radius 2 is 2.33 bits per heavy atom. The molecule has 0 saturated carbocycles. The minimum Gasteiger partial charge on any atom is -0.258 e. The first-order valence-electron chi connectivity index (χ1n) is 3.27. The monoisotopic (exact) mass is 167 g/mol. The van der Waals surface area contributed by atoms with Crippen LogP contribution in [-0.4, -0.2) is 4.92 Å². The highest BCUT2D eigenvalue weighted by molar-refractivity contribution is 5.42. The standard InChI is InChI=1S/C6H5N3O3/c10-9(11)6-3-1-2-5(4-6)8-7-12-8/h1-4,8H. The molecule has 12 heavy (non-hydrogen) atoms. The third-order valence-corrected chi connectivity index (χ3v) is 1.49. The number of nitrogens with zero attached hydrogens (tertiary/aromatic N) is 2. The molecule has 62 valence electrons. The van der Waals surface area contributed by atoms with Crippen LogP contribution in [0.25, 0.3) is 5.59 Å². The topological polar surface area (TPSA) is 74.2 Å². The molecule has 1 aliphatic rings. The Labute approximate surface area is 67.4 Å². The van der Waals surface area contributed by atoms with Crippen LogP contribution < -0.4 is 5.17 Å². The predicted octanol–water partition coefficient (Wildman–Crippen LogP) is 0.260. The first kappa shape index (κ1) is 7.17. The van der Waals surface area contributed by atoms with E-state index in [-0.39, 0.29) is 5.69 Å². The van der Waals surface area contributed by atoms with Crippen molar-refractivity contribution in [2.45, 2.75) is 0 Å². The summed E-state index contributed by atoms with van der Waals surface area (Å²) < 4.78 is 0. The quantitative estimate of drug-likeness (QED) is 0.390. The lowest BCUT2D eigenvalue weighted by molar-refractivity contribution is -0.809. The van der Waals surface area contributed by atoms with E-state index in [1.54, 1.807) is 12.1 Å². The molecule has 1 N–H and O–H groups in total. The van der Waals surface area contributed by atoms with Crippen molar-refractivity contribution in [2.75, 3.05) is 0 Å². The lowest BCUT2D eigenvalue weighted by Gasteiger charge is -1.94. The van der Waals surface area contributed by atoms with E-state index in [4.69, 9.17) is 0 Å². The number of hydrogen-bond donors (Lipinski definition) is 1. The van der Waals surface area contributed by atoms with Crippen LogP contribution in [0, 0.1) is 10.1 Å². The molecule has 1 saturated heterocycles. The fourth-order valence-electron chi connectivity index (χ4n) is 0.881. The molecular formula is C6H5N3O3. The number of benzene rings is 1. The first-order valence-corrected chi connectivity index (χ1v) is 3.27. The normalized spacial score (nSPS) is 20.5. The van der Waals surface area contributed by atoms with Gasteiger partial charge in [0.15, 0.2) is 5.69 Å². The van der Waals surface area contributed by atoms with Crippen LogP contribution in [0.15, 0.2) is 24.3 Å². The van der Waals surface area contributed by atoms with Crippen molar-refractivity contribution in [2.24, 2.45) is 0 Å². The van der Waals surface area contributed by atoms with E-state index in [2.05, 4.69) is 10.5 Å². The van der Waals surface area contributed by atoms with Gasteiger partial charge in [0.25, 0.3) is 5.69 Å². The van der Waals surface area contributed by atoms with Crippen LogP contribution >= 0.6 is 0 Å². The van der Waals surface area contributed by atoms with Crippen LogP contribution in [-0.2, 0) is 4.94 Å².